The maximum absolute atomic E-state index is 16.9. The van der Waals surface area contributed by atoms with Gasteiger partial charge in [-0.05, 0) is 53.7 Å². The van der Waals surface area contributed by atoms with E-state index in [4.69, 9.17) is 38.0 Å². The Morgan fingerprint density at radius 2 is 1.70 bits per heavy atom. The maximum Gasteiger partial charge on any atom is 0.472 e. The Kier molecular flexibility index (Phi) is 12.3. The van der Waals surface area contributed by atoms with Crippen molar-refractivity contribution in [2.75, 3.05) is 18.9 Å². The van der Waals surface area contributed by atoms with Crippen molar-refractivity contribution < 1.29 is 55.5 Å². The Hall–Kier alpha value is -5.38. The molecule has 6 aromatic rings. The summed E-state index contributed by atoms with van der Waals surface area (Å²) < 4.78 is 88.6. The number of esters is 1. The van der Waals surface area contributed by atoms with Crippen molar-refractivity contribution in [2.45, 2.75) is 62.1 Å². The third-order valence-corrected chi connectivity index (χ3v) is 15.2. The number of alkyl halides is 1. The number of nitrogens with one attached hydrogen (secondary N) is 1. The van der Waals surface area contributed by atoms with Gasteiger partial charge in [-0.2, -0.15) is 0 Å². The second-order valence-electron chi connectivity index (χ2n) is 14.9. The molecule has 2 unspecified atom stereocenters. The number of anilines is 1. The molecule has 334 valence electrons. The molecule has 9 rings (SSSR count). The largest absolute Gasteiger partial charge is 0.472 e. The zero-order valence-corrected chi connectivity index (χ0v) is 36.1. The highest BCUT2D eigenvalue weighted by atomic mass is 32.7. The van der Waals surface area contributed by atoms with E-state index in [2.05, 4.69) is 19.9 Å². The molecule has 6 heterocycles. The van der Waals surface area contributed by atoms with E-state index in [0.717, 1.165) is 16.3 Å². The van der Waals surface area contributed by atoms with E-state index >= 15 is 4.39 Å². The zero-order valence-electron chi connectivity index (χ0n) is 33.4. The van der Waals surface area contributed by atoms with Crippen molar-refractivity contribution >= 4 is 49.0 Å². The summed E-state index contributed by atoms with van der Waals surface area (Å²) in [6.07, 6.45) is -7.35. The minimum absolute atomic E-state index is 0.00825. The number of carbonyl (C=O) groups excluding carboxylic acids is 1. The van der Waals surface area contributed by atoms with Crippen LogP contribution in [0.25, 0.3) is 22.3 Å². The number of phosphoric acid groups is 1. The van der Waals surface area contributed by atoms with Crippen LogP contribution in [-0.2, 0) is 42.5 Å². The van der Waals surface area contributed by atoms with Crippen LogP contribution in [0, 0.1) is 6.92 Å². The Bertz CT molecular complexity index is 2910. The molecule has 64 heavy (non-hydrogen) atoms. The number of halogens is 1. The first kappa shape index (κ1) is 43.9. The molecule has 3 aromatic heterocycles. The molecular formula is C40H38FN7O13P2S. The molecule has 24 heteroatoms. The number of phosphoric ester groups is 1. The number of rotatable bonds is 8. The summed E-state index contributed by atoms with van der Waals surface area (Å²) in [5, 5.41) is 0. The molecule has 20 nitrogen and oxygen atoms in total. The van der Waals surface area contributed by atoms with Crippen LogP contribution in [-0.4, -0.2) is 83.7 Å². The minimum atomic E-state index is -5.04. The number of H-pyrrole nitrogens is 1. The van der Waals surface area contributed by atoms with Crippen molar-refractivity contribution in [1.82, 2.24) is 29.1 Å². The van der Waals surface area contributed by atoms with Crippen LogP contribution < -0.4 is 21.7 Å². The third-order valence-electron chi connectivity index (χ3n) is 10.6. The quantitative estimate of drug-likeness (QED) is 0.0948. The van der Waals surface area contributed by atoms with Crippen LogP contribution in [0.5, 0.6) is 5.75 Å². The van der Waals surface area contributed by atoms with Gasteiger partial charge in [-0.15, -0.1) is 0 Å². The molecular weight excluding hydrogens is 899 g/mol. The molecule has 3 aliphatic rings. The van der Waals surface area contributed by atoms with Crippen molar-refractivity contribution in [1.29, 1.82) is 0 Å². The summed E-state index contributed by atoms with van der Waals surface area (Å²) in [5.41, 5.74) is 7.00. The number of fused-ring (bicyclic) bond motifs is 4. The van der Waals surface area contributed by atoms with E-state index in [1.54, 1.807) is 78.9 Å². The lowest BCUT2D eigenvalue weighted by Gasteiger charge is -2.27. The number of aryl methyl sites for hydroxylation is 1. The van der Waals surface area contributed by atoms with Gasteiger partial charge in [-0.3, -0.25) is 37.0 Å². The predicted molar refractivity (Wildman–Crippen MR) is 227 cm³/mol. The molecule has 3 aliphatic heterocycles. The number of nitrogens with zero attached hydrogens (tertiary/aromatic N) is 5. The number of ether oxygens (including phenoxy) is 3. The molecule has 3 saturated heterocycles. The highest BCUT2D eigenvalue weighted by Crippen LogP contribution is 2.64. The number of benzene rings is 3. The number of hydrogen-bond donors (Lipinski definition) is 3. The Labute approximate surface area is 365 Å². The molecule has 0 aliphatic carbocycles. The van der Waals surface area contributed by atoms with Gasteiger partial charge in [0, 0.05) is 18.4 Å². The molecule has 0 spiro atoms. The maximum atomic E-state index is 16.9. The van der Waals surface area contributed by atoms with Crippen molar-refractivity contribution in [3.63, 3.8) is 0 Å². The normalized spacial score (nSPS) is 28.5. The number of imidazole rings is 1. The number of carbonyl (C=O) groups is 1. The first-order chi connectivity index (χ1) is 30.7. The second kappa shape index (κ2) is 17.9. The highest BCUT2D eigenvalue weighted by molar-refractivity contribution is 8.54. The molecule has 3 aromatic carbocycles. The molecule has 0 amide bonds. The average molecular weight is 938 g/mol. The van der Waals surface area contributed by atoms with E-state index in [1.165, 1.54) is 17.2 Å². The first-order valence-corrected chi connectivity index (χ1v) is 24.3. The van der Waals surface area contributed by atoms with Crippen LogP contribution in [0.4, 0.5) is 10.2 Å². The number of aromatic nitrogens is 6. The smallest absolute Gasteiger partial charge is 0.423 e. The third kappa shape index (κ3) is 9.25. The van der Waals surface area contributed by atoms with Gasteiger partial charge in [0.25, 0.3) is 5.56 Å². The van der Waals surface area contributed by atoms with Gasteiger partial charge >= 0.3 is 26.3 Å². The van der Waals surface area contributed by atoms with Crippen molar-refractivity contribution in [3.05, 3.63) is 135 Å². The minimum Gasteiger partial charge on any atom is -0.423 e. The lowest BCUT2D eigenvalue weighted by Crippen LogP contribution is -2.37. The Morgan fingerprint density at radius 1 is 0.938 bits per heavy atom. The van der Waals surface area contributed by atoms with Crippen molar-refractivity contribution in [2.24, 2.45) is 0 Å². The lowest BCUT2D eigenvalue weighted by molar-refractivity contribution is -0.0640. The average Bonchev–Trinajstić information content (AvgIpc) is 3.97. The van der Waals surface area contributed by atoms with Gasteiger partial charge in [0.15, 0.2) is 30.1 Å². The topological polar surface area (TPSA) is 261 Å². The summed E-state index contributed by atoms with van der Waals surface area (Å²) in [6, 6.07) is 21.5. The van der Waals surface area contributed by atoms with Gasteiger partial charge in [-0.25, -0.2) is 38.1 Å². The molecule has 9 atom stereocenters. The number of hydrogen-bond acceptors (Lipinski definition) is 17. The van der Waals surface area contributed by atoms with Crippen LogP contribution in [0.1, 0.15) is 40.4 Å². The predicted octanol–water partition coefficient (Wildman–Crippen LogP) is 5.64. The Balaban J connectivity index is 1.01. The number of aromatic amines is 1. The van der Waals surface area contributed by atoms with E-state index in [9.17, 15) is 28.4 Å². The summed E-state index contributed by atoms with van der Waals surface area (Å²) in [5.74, 6) is -0.279. The fourth-order valence-electron chi connectivity index (χ4n) is 7.35. The van der Waals surface area contributed by atoms with Gasteiger partial charge in [0.2, 0.25) is 0 Å². The summed E-state index contributed by atoms with van der Waals surface area (Å²) >= 11 is 0.695. The van der Waals surface area contributed by atoms with Gasteiger partial charge in [0.05, 0.1) is 36.8 Å². The van der Waals surface area contributed by atoms with E-state index in [-0.39, 0.29) is 40.5 Å². The highest BCUT2D eigenvalue weighted by Gasteiger charge is 2.53. The molecule has 0 radical (unpaired) electrons. The molecule has 4 N–H and O–H groups in total. The molecule has 3 fully saturated rings. The van der Waals surface area contributed by atoms with E-state index in [1.807, 2.05) is 6.92 Å². The fourth-order valence-corrected chi connectivity index (χ4v) is 11.7. The summed E-state index contributed by atoms with van der Waals surface area (Å²) in [4.78, 5) is 64.5. The van der Waals surface area contributed by atoms with Crippen LogP contribution in [0.2, 0.25) is 0 Å². The monoisotopic (exact) mass is 937 g/mol. The second-order valence-corrected chi connectivity index (χ2v) is 20.4. The van der Waals surface area contributed by atoms with Crippen LogP contribution in [0.3, 0.4) is 0 Å². The van der Waals surface area contributed by atoms with Gasteiger partial charge in [-0.1, -0.05) is 60.2 Å². The van der Waals surface area contributed by atoms with Gasteiger partial charge in [0.1, 0.15) is 35.9 Å². The standard InChI is InChI=1S/C40H38FN7O13P2S/c1-22-7-11-25(12-8-22)39(50)58-26-13-9-23(10-14-26)19-64-63(54)56-17-27-15-29(37(57-27)48-21-45-32-34(42)43-20-44-35(32)48)60-62(52,53)55-18-30-33(61-63)31(41)38(59-30)47-16-28(36(49)46-40(47)51)24-5-3-2-4-6-24/h2-14,16,20-21,27,29-31,33,37-38H,15,17-19H2,1H3,(H,52,53)(H2,42,43,44)(H,46,49,51)/t27-,29+,30+,31+,33+,37+,38+,63?/m0/s1. The zero-order chi connectivity index (χ0) is 44.8. The lowest BCUT2D eigenvalue weighted by atomic mass is 10.1. The first-order valence-electron chi connectivity index (χ1n) is 19.6. The molecule has 2 bridgehead atoms. The SMILES string of the molecule is Cc1ccc(C(=O)Oc2ccc(CSP3(=O)OC[C@@H]4C[C@@H](OP(=O)(O)OC[C@H]5O[C@@H](n6cc(-c7ccccc7)c(=O)[nH]c6=O)[C@H](F)[C@@H]5O3)[C@H](n3cnc5c(N)ncnc53)O4)cc2)cc1. The number of nitrogen functional groups attached to an aromatic ring is 1. The van der Waals surface area contributed by atoms with Crippen LogP contribution in [0.15, 0.2) is 107 Å². The van der Waals surface area contributed by atoms with Crippen molar-refractivity contribution in [3.8, 4) is 16.9 Å². The fraction of sp³-hybridized carbons (Fsp3) is 0.300. The van der Waals surface area contributed by atoms with Gasteiger partial charge < -0.3 is 24.8 Å². The van der Waals surface area contributed by atoms with E-state index < -0.39 is 88.1 Å². The molecule has 0 saturated carbocycles. The van der Waals surface area contributed by atoms with E-state index in [0.29, 0.717) is 28.1 Å². The number of nitrogens with two attached hydrogens (primary N) is 1. The summed E-state index contributed by atoms with van der Waals surface area (Å²) in [7, 11) is -5.04. The Morgan fingerprint density at radius 3 is 2.47 bits per heavy atom. The van der Waals surface area contributed by atoms with Crippen LogP contribution >= 0.6 is 26.0 Å². The summed E-state index contributed by atoms with van der Waals surface area (Å²) in [6.45, 7) is -3.94.